The standard InChI is InChI=1S/C17H10F2N4/c18-12-5-6-17(13(19)7-12)23-10-11(8-21-23)16-9-20-14-3-1-2-4-15(14)22-16/h1-10H. The van der Waals surface area contributed by atoms with Crippen LogP contribution in [0.15, 0.2) is 61.1 Å². The summed E-state index contributed by atoms with van der Waals surface area (Å²) in [6.45, 7) is 0. The van der Waals surface area contributed by atoms with Crippen molar-refractivity contribution in [2.75, 3.05) is 0 Å². The lowest BCUT2D eigenvalue weighted by molar-refractivity contribution is 0.573. The van der Waals surface area contributed by atoms with E-state index >= 15 is 0 Å². The minimum Gasteiger partial charge on any atom is -0.252 e. The molecular formula is C17H10F2N4. The van der Waals surface area contributed by atoms with Crippen LogP contribution in [0.4, 0.5) is 8.78 Å². The molecular weight excluding hydrogens is 298 g/mol. The van der Waals surface area contributed by atoms with Crippen LogP contribution in [0.2, 0.25) is 0 Å². The Labute approximate surface area is 130 Å². The molecule has 0 amide bonds. The Kier molecular flexibility index (Phi) is 3.08. The van der Waals surface area contributed by atoms with Crippen LogP contribution in [0.3, 0.4) is 0 Å². The van der Waals surface area contributed by atoms with Crippen LogP contribution >= 0.6 is 0 Å². The van der Waals surface area contributed by atoms with Crippen LogP contribution in [0.25, 0.3) is 28.0 Å². The van der Waals surface area contributed by atoms with Crippen molar-refractivity contribution in [1.82, 2.24) is 19.7 Å². The Morgan fingerprint density at radius 1 is 0.913 bits per heavy atom. The van der Waals surface area contributed by atoms with E-state index in [9.17, 15) is 8.78 Å². The van der Waals surface area contributed by atoms with Crippen molar-refractivity contribution in [2.45, 2.75) is 0 Å². The van der Waals surface area contributed by atoms with Crippen molar-refractivity contribution >= 4 is 11.0 Å². The second kappa shape index (κ2) is 5.24. The predicted octanol–water partition coefficient (Wildman–Crippen LogP) is 3.76. The van der Waals surface area contributed by atoms with Crippen molar-refractivity contribution in [2.24, 2.45) is 0 Å². The van der Waals surface area contributed by atoms with Gasteiger partial charge in [0.1, 0.15) is 11.5 Å². The average molecular weight is 308 g/mol. The number of nitrogens with zero attached hydrogens (tertiary/aromatic N) is 4. The van der Waals surface area contributed by atoms with Crippen molar-refractivity contribution in [3.63, 3.8) is 0 Å². The third-order valence-corrected chi connectivity index (χ3v) is 3.48. The monoisotopic (exact) mass is 308 g/mol. The van der Waals surface area contributed by atoms with Crippen LogP contribution in [0.1, 0.15) is 0 Å². The average Bonchev–Trinajstić information content (AvgIpc) is 3.04. The van der Waals surface area contributed by atoms with Gasteiger partial charge in [0, 0.05) is 17.8 Å². The van der Waals surface area contributed by atoms with E-state index in [0.717, 1.165) is 17.1 Å². The molecule has 0 fully saturated rings. The maximum Gasteiger partial charge on any atom is 0.151 e. The normalized spacial score (nSPS) is 11.0. The smallest absolute Gasteiger partial charge is 0.151 e. The maximum absolute atomic E-state index is 13.8. The molecule has 0 saturated carbocycles. The highest BCUT2D eigenvalue weighted by Crippen LogP contribution is 2.21. The molecule has 112 valence electrons. The molecule has 2 aromatic heterocycles. The maximum atomic E-state index is 13.8. The second-order valence-corrected chi connectivity index (χ2v) is 5.01. The van der Waals surface area contributed by atoms with Gasteiger partial charge in [-0.1, -0.05) is 12.1 Å². The fourth-order valence-electron chi connectivity index (χ4n) is 2.35. The molecule has 0 saturated heterocycles. The SMILES string of the molecule is Fc1ccc(-n2cc(-c3cnc4ccccc4n3)cn2)c(F)c1. The van der Waals surface area contributed by atoms with Gasteiger partial charge in [-0.05, 0) is 24.3 Å². The van der Waals surface area contributed by atoms with E-state index in [1.54, 1.807) is 18.6 Å². The van der Waals surface area contributed by atoms with Gasteiger partial charge in [0.25, 0.3) is 0 Å². The Bertz CT molecular complexity index is 1010. The Balaban J connectivity index is 1.77. The molecule has 0 aliphatic heterocycles. The Hall–Kier alpha value is -3.15. The first-order chi connectivity index (χ1) is 11.2. The summed E-state index contributed by atoms with van der Waals surface area (Å²) in [7, 11) is 0. The molecule has 0 bridgehead atoms. The summed E-state index contributed by atoms with van der Waals surface area (Å²) in [5.41, 5.74) is 3.08. The number of fused-ring (bicyclic) bond motifs is 1. The molecule has 0 atom stereocenters. The number of rotatable bonds is 2. The number of para-hydroxylation sites is 2. The van der Waals surface area contributed by atoms with Crippen LogP contribution in [-0.2, 0) is 0 Å². The summed E-state index contributed by atoms with van der Waals surface area (Å²) in [4.78, 5) is 8.86. The van der Waals surface area contributed by atoms with Gasteiger partial charge >= 0.3 is 0 Å². The number of aromatic nitrogens is 4. The molecule has 0 radical (unpaired) electrons. The van der Waals surface area contributed by atoms with E-state index in [4.69, 9.17) is 0 Å². The first-order valence-electron chi connectivity index (χ1n) is 6.93. The molecule has 4 aromatic rings. The highest BCUT2D eigenvalue weighted by atomic mass is 19.1. The molecule has 4 rings (SSSR count). The van der Waals surface area contributed by atoms with Crippen LogP contribution in [-0.4, -0.2) is 19.7 Å². The number of benzene rings is 2. The highest BCUT2D eigenvalue weighted by molar-refractivity contribution is 5.76. The molecule has 6 heteroatoms. The van der Waals surface area contributed by atoms with E-state index in [0.29, 0.717) is 11.3 Å². The van der Waals surface area contributed by atoms with Gasteiger partial charge in [-0.15, -0.1) is 0 Å². The van der Waals surface area contributed by atoms with Crippen molar-refractivity contribution < 1.29 is 8.78 Å². The third-order valence-electron chi connectivity index (χ3n) is 3.48. The van der Waals surface area contributed by atoms with Gasteiger partial charge < -0.3 is 0 Å². The second-order valence-electron chi connectivity index (χ2n) is 5.01. The lowest BCUT2D eigenvalue weighted by Crippen LogP contribution is -1.98. The summed E-state index contributed by atoms with van der Waals surface area (Å²) < 4.78 is 28.2. The molecule has 2 heterocycles. The zero-order valence-electron chi connectivity index (χ0n) is 11.8. The fraction of sp³-hybridized carbons (Fsp3) is 0. The van der Waals surface area contributed by atoms with Crippen LogP contribution in [0.5, 0.6) is 0 Å². The third kappa shape index (κ3) is 2.44. The van der Waals surface area contributed by atoms with Gasteiger partial charge in [-0.3, -0.25) is 4.98 Å². The van der Waals surface area contributed by atoms with E-state index in [1.165, 1.54) is 16.8 Å². The quantitative estimate of drug-likeness (QED) is 0.566. The summed E-state index contributed by atoms with van der Waals surface area (Å²) in [5.74, 6) is -1.30. The largest absolute Gasteiger partial charge is 0.252 e. The van der Waals surface area contributed by atoms with Crippen molar-refractivity contribution in [1.29, 1.82) is 0 Å². The number of halogens is 2. The molecule has 0 spiro atoms. The molecule has 0 unspecified atom stereocenters. The zero-order valence-corrected chi connectivity index (χ0v) is 11.8. The van der Waals surface area contributed by atoms with E-state index in [-0.39, 0.29) is 5.69 Å². The van der Waals surface area contributed by atoms with Gasteiger partial charge in [0.15, 0.2) is 5.82 Å². The number of hydrogen-bond donors (Lipinski definition) is 0. The van der Waals surface area contributed by atoms with Crippen molar-refractivity contribution in [3.05, 3.63) is 72.7 Å². The Morgan fingerprint density at radius 3 is 2.57 bits per heavy atom. The van der Waals surface area contributed by atoms with E-state index < -0.39 is 11.6 Å². The first-order valence-corrected chi connectivity index (χ1v) is 6.93. The minimum atomic E-state index is -0.677. The predicted molar refractivity (Wildman–Crippen MR) is 82.0 cm³/mol. The van der Waals surface area contributed by atoms with Gasteiger partial charge in [0.2, 0.25) is 0 Å². The van der Waals surface area contributed by atoms with Gasteiger partial charge in [0.05, 0.1) is 29.1 Å². The van der Waals surface area contributed by atoms with E-state index in [2.05, 4.69) is 15.1 Å². The van der Waals surface area contributed by atoms with Crippen molar-refractivity contribution in [3.8, 4) is 16.9 Å². The summed E-state index contributed by atoms with van der Waals surface area (Å²) in [5, 5.41) is 4.12. The van der Waals surface area contributed by atoms with Crippen LogP contribution < -0.4 is 0 Å². The Morgan fingerprint density at radius 2 is 1.74 bits per heavy atom. The first kappa shape index (κ1) is 13.5. The minimum absolute atomic E-state index is 0.173. The lowest BCUT2D eigenvalue weighted by atomic mass is 10.2. The zero-order chi connectivity index (χ0) is 15.8. The van der Waals surface area contributed by atoms with E-state index in [1.807, 2.05) is 24.3 Å². The summed E-state index contributed by atoms with van der Waals surface area (Å²) in [6, 6.07) is 10.9. The topological polar surface area (TPSA) is 43.6 Å². The lowest BCUT2D eigenvalue weighted by Gasteiger charge is -2.02. The number of hydrogen-bond acceptors (Lipinski definition) is 3. The molecule has 2 aromatic carbocycles. The van der Waals surface area contributed by atoms with Gasteiger partial charge in [-0.2, -0.15) is 5.10 Å². The molecule has 0 N–H and O–H groups in total. The molecule has 0 aliphatic rings. The summed E-state index contributed by atoms with van der Waals surface area (Å²) >= 11 is 0. The fourth-order valence-corrected chi connectivity index (χ4v) is 2.35. The molecule has 4 nitrogen and oxygen atoms in total. The summed E-state index contributed by atoms with van der Waals surface area (Å²) in [6.07, 6.45) is 4.85. The highest BCUT2D eigenvalue weighted by Gasteiger charge is 2.10. The molecule has 0 aliphatic carbocycles. The van der Waals surface area contributed by atoms with Crippen LogP contribution in [0, 0.1) is 11.6 Å². The molecule has 23 heavy (non-hydrogen) atoms. The van der Waals surface area contributed by atoms with Gasteiger partial charge in [-0.25, -0.2) is 18.4 Å².